The molecule has 0 unspecified atom stereocenters. The van der Waals surface area contributed by atoms with Crippen LogP contribution in [0.2, 0.25) is 0 Å². The van der Waals surface area contributed by atoms with Gasteiger partial charge in [0.25, 0.3) is 10.0 Å². The normalized spacial score (nSPS) is 11.6. The first-order valence-electron chi connectivity index (χ1n) is 16.7. The zero-order chi connectivity index (χ0) is 37.0. The van der Waals surface area contributed by atoms with E-state index < -0.39 is 28.5 Å². The van der Waals surface area contributed by atoms with E-state index in [9.17, 15) is 18.0 Å². The van der Waals surface area contributed by atoms with Gasteiger partial charge in [-0.25, -0.2) is 8.42 Å². The number of anilines is 1. The molecule has 0 bridgehead atoms. The molecular formula is C39H47N3O8S. The standard InChI is InChI=1S/C39H47N3O8S/c1-7-8-22-40-39(44)34(23-29-12-10-9-11-13-29)41(26-30-16-14-28(2)15-17-30)38(43)27-42(33-24-31(47-3)18-20-35(33)48-4)51(45,46)32-19-21-36(49-5)37(25-32)50-6/h9-21,24-25,34H,7-8,22-23,26-27H2,1-6H3,(H,40,44)/t34-/m1/s1. The maximum absolute atomic E-state index is 14.8. The van der Waals surface area contributed by atoms with Crippen LogP contribution in [-0.4, -0.2) is 72.7 Å². The smallest absolute Gasteiger partial charge is 0.265 e. The second-order valence-electron chi connectivity index (χ2n) is 11.9. The minimum Gasteiger partial charge on any atom is -0.497 e. The van der Waals surface area contributed by atoms with Crippen molar-refractivity contribution in [1.29, 1.82) is 0 Å². The number of nitrogens with one attached hydrogen (secondary N) is 1. The first-order chi connectivity index (χ1) is 24.6. The third kappa shape index (κ3) is 9.72. The van der Waals surface area contributed by atoms with Gasteiger partial charge in [-0.15, -0.1) is 0 Å². The van der Waals surface area contributed by atoms with E-state index in [2.05, 4.69) is 5.32 Å². The Hall–Kier alpha value is -5.23. The summed E-state index contributed by atoms with van der Waals surface area (Å²) in [7, 11) is 1.24. The molecule has 0 spiro atoms. The lowest BCUT2D eigenvalue weighted by molar-refractivity contribution is -0.140. The summed E-state index contributed by atoms with van der Waals surface area (Å²) in [6.07, 6.45) is 1.85. The Bertz CT molecular complexity index is 1870. The molecule has 1 atom stereocenters. The lowest BCUT2D eigenvalue weighted by atomic mass is 10.0. The molecule has 0 saturated heterocycles. The second kappa shape index (κ2) is 18.1. The number of hydrogen-bond acceptors (Lipinski definition) is 8. The number of unbranched alkanes of at least 4 members (excludes halogenated alkanes) is 1. The number of sulfonamides is 1. The molecule has 0 aromatic heterocycles. The number of aryl methyl sites for hydroxylation is 1. The minimum atomic E-state index is -4.48. The molecule has 0 aliphatic carbocycles. The van der Waals surface area contributed by atoms with Crippen molar-refractivity contribution < 1.29 is 37.0 Å². The van der Waals surface area contributed by atoms with E-state index in [1.807, 2.05) is 68.4 Å². The van der Waals surface area contributed by atoms with Crippen LogP contribution in [0.5, 0.6) is 23.0 Å². The highest BCUT2D eigenvalue weighted by Crippen LogP contribution is 2.38. The molecule has 2 amide bonds. The van der Waals surface area contributed by atoms with Crippen LogP contribution in [0.3, 0.4) is 0 Å². The SMILES string of the molecule is CCCCNC(=O)[C@@H](Cc1ccccc1)N(Cc1ccc(C)cc1)C(=O)CN(c1cc(OC)ccc1OC)S(=O)(=O)c1ccc(OC)c(OC)c1. The van der Waals surface area contributed by atoms with Crippen molar-refractivity contribution in [3.8, 4) is 23.0 Å². The summed E-state index contributed by atoms with van der Waals surface area (Å²) in [5.74, 6) is 0.128. The van der Waals surface area contributed by atoms with Crippen molar-refractivity contribution in [2.75, 3.05) is 45.8 Å². The van der Waals surface area contributed by atoms with Gasteiger partial charge in [0.05, 0.1) is 39.0 Å². The molecule has 0 heterocycles. The fraction of sp³-hybridized carbons (Fsp3) is 0.333. The molecule has 4 aromatic rings. The van der Waals surface area contributed by atoms with Crippen molar-refractivity contribution in [2.24, 2.45) is 0 Å². The van der Waals surface area contributed by atoms with Gasteiger partial charge in [-0.3, -0.25) is 13.9 Å². The number of rotatable bonds is 18. The van der Waals surface area contributed by atoms with E-state index in [1.54, 1.807) is 12.1 Å². The van der Waals surface area contributed by atoms with Crippen LogP contribution in [-0.2, 0) is 32.6 Å². The van der Waals surface area contributed by atoms with Gasteiger partial charge in [0.15, 0.2) is 11.5 Å². The summed E-state index contributed by atoms with van der Waals surface area (Å²) < 4.78 is 52.1. The van der Waals surface area contributed by atoms with E-state index in [0.717, 1.165) is 33.8 Å². The quantitative estimate of drug-likeness (QED) is 0.129. The Labute approximate surface area is 301 Å². The minimum absolute atomic E-state index is 0.0529. The Kier molecular flexibility index (Phi) is 13.7. The molecule has 12 heteroatoms. The van der Waals surface area contributed by atoms with Crippen LogP contribution < -0.4 is 28.6 Å². The fourth-order valence-electron chi connectivity index (χ4n) is 5.56. The predicted octanol–water partition coefficient (Wildman–Crippen LogP) is 5.78. The third-order valence-electron chi connectivity index (χ3n) is 8.45. The van der Waals surface area contributed by atoms with E-state index in [0.29, 0.717) is 18.0 Å². The maximum Gasteiger partial charge on any atom is 0.265 e. The zero-order valence-electron chi connectivity index (χ0n) is 30.0. The number of benzene rings is 4. The van der Waals surface area contributed by atoms with E-state index in [4.69, 9.17) is 18.9 Å². The molecule has 51 heavy (non-hydrogen) atoms. The maximum atomic E-state index is 14.8. The number of amides is 2. The lowest BCUT2D eigenvalue weighted by Crippen LogP contribution is -2.53. The first kappa shape index (κ1) is 38.6. The van der Waals surface area contributed by atoms with Crippen LogP contribution in [0.15, 0.2) is 95.9 Å². The van der Waals surface area contributed by atoms with Gasteiger partial charge < -0.3 is 29.2 Å². The Morgan fingerprint density at radius 1 is 0.765 bits per heavy atom. The number of nitrogens with zero attached hydrogens (tertiary/aromatic N) is 2. The van der Waals surface area contributed by atoms with Crippen molar-refractivity contribution in [3.63, 3.8) is 0 Å². The van der Waals surface area contributed by atoms with E-state index in [-0.39, 0.29) is 41.0 Å². The van der Waals surface area contributed by atoms with Crippen LogP contribution in [0.4, 0.5) is 5.69 Å². The van der Waals surface area contributed by atoms with Gasteiger partial charge in [0.1, 0.15) is 24.1 Å². The average molecular weight is 718 g/mol. The number of hydrogen-bond donors (Lipinski definition) is 1. The number of methoxy groups -OCH3 is 4. The Balaban J connectivity index is 1.88. The van der Waals surface area contributed by atoms with Crippen LogP contribution >= 0.6 is 0 Å². The van der Waals surface area contributed by atoms with Gasteiger partial charge in [0, 0.05) is 31.6 Å². The van der Waals surface area contributed by atoms with Gasteiger partial charge in [-0.05, 0) is 48.7 Å². The summed E-state index contributed by atoms with van der Waals surface area (Å²) in [4.78, 5) is 30.2. The summed E-state index contributed by atoms with van der Waals surface area (Å²) in [6.45, 7) is 3.82. The molecule has 4 aromatic carbocycles. The molecule has 1 N–H and O–H groups in total. The molecule has 0 fully saturated rings. The number of ether oxygens (including phenoxy) is 4. The average Bonchev–Trinajstić information content (AvgIpc) is 3.15. The van der Waals surface area contributed by atoms with Crippen LogP contribution in [0, 0.1) is 6.92 Å². The number of carbonyl (C=O) groups is 2. The van der Waals surface area contributed by atoms with Gasteiger partial charge in [-0.2, -0.15) is 0 Å². The van der Waals surface area contributed by atoms with Gasteiger partial charge >= 0.3 is 0 Å². The zero-order valence-corrected chi connectivity index (χ0v) is 30.9. The van der Waals surface area contributed by atoms with Crippen molar-refractivity contribution in [2.45, 2.75) is 50.6 Å². The van der Waals surface area contributed by atoms with Crippen LogP contribution in [0.25, 0.3) is 0 Å². The highest BCUT2D eigenvalue weighted by atomic mass is 32.2. The molecule has 0 radical (unpaired) electrons. The lowest BCUT2D eigenvalue weighted by Gasteiger charge is -2.34. The molecule has 0 aliphatic rings. The predicted molar refractivity (Wildman–Crippen MR) is 197 cm³/mol. The third-order valence-corrected chi connectivity index (χ3v) is 10.2. The first-order valence-corrected chi connectivity index (χ1v) is 18.1. The fourth-order valence-corrected chi connectivity index (χ4v) is 6.99. The molecule has 0 saturated carbocycles. The van der Waals surface area contributed by atoms with Crippen LogP contribution in [0.1, 0.15) is 36.5 Å². The van der Waals surface area contributed by atoms with Gasteiger partial charge in [-0.1, -0.05) is 73.5 Å². The Morgan fingerprint density at radius 2 is 1.43 bits per heavy atom. The topological polar surface area (TPSA) is 124 Å². The highest BCUT2D eigenvalue weighted by molar-refractivity contribution is 7.92. The molecule has 4 rings (SSSR count). The largest absolute Gasteiger partial charge is 0.497 e. The van der Waals surface area contributed by atoms with Crippen molar-refractivity contribution in [1.82, 2.24) is 10.2 Å². The monoisotopic (exact) mass is 717 g/mol. The van der Waals surface area contributed by atoms with Crippen molar-refractivity contribution >= 4 is 27.5 Å². The molecule has 272 valence electrons. The molecule has 0 aliphatic heterocycles. The van der Waals surface area contributed by atoms with Crippen molar-refractivity contribution in [3.05, 3.63) is 108 Å². The molecule has 11 nitrogen and oxygen atoms in total. The summed E-state index contributed by atoms with van der Waals surface area (Å²) in [6, 6.07) is 25.0. The summed E-state index contributed by atoms with van der Waals surface area (Å²) in [5.41, 5.74) is 2.73. The highest BCUT2D eigenvalue weighted by Gasteiger charge is 2.36. The molecular weight excluding hydrogens is 671 g/mol. The number of carbonyl (C=O) groups excluding carboxylic acids is 2. The van der Waals surface area contributed by atoms with Gasteiger partial charge in [0.2, 0.25) is 11.8 Å². The van der Waals surface area contributed by atoms with E-state index in [1.165, 1.54) is 57.6 Å². The summed E-state index contributed by atoms with van der Waals surface area (Å²) >= 11 is 0. The Morgan fingerprint density at radius 3 is 2.06 bits per heavy atom. The summed E-state index contributed by atoms with van der Waals surface area (Å²) in [5, 5.41) is 3.01. The second-order valence-corrected chi connectivity index (χ2v) is 13.8. The van der Waals surface area contributed by atoms with E-state index >= 15 is 0 Å².